The molecule has 2 aliphatic heterocycles. The van der Waals surface area contributed by atoms with E-state index >= 15 is 0 Å². The van der Waals surface area contributed by atoms with Crippen LogP contribution in [0.15, 0.2) is 122 Å². The number of rotatable bonds is 14. The number of carbonyl (C=O) groups excluding carboxylic acids is 6. The molecule has 0 bridgehead atoms. The van der Waals surface area contributed by atoms with Crippen LogP contribution in [-0.2, 0) is 49.8 Å². The summed E-state index contributed by atoms with van der Waals surface area (Å²) in [6.07, 6.45) is 4.46. The molecule has 72 heavy (non-hydrogen) atoms. The Bertz CT molecular complexity index is 3120. The highest BCUT2D eigenvalue weighted by molar-refractivity contribution is 7.85. The average Bonchev–Trinajstić information content (AvgIpc) is 3.49. The fraction of sp³-hybridized carbons (Fsp3) is 0.245. The lowest BCUT2D eigenvalue weighted by Crippen LogP contribution is -2.44. The second kappa shape index (κ2) is 23.4. The van der Waals surface area contributed by atoms with E-state index in [4.69, 9.17) is 27.4 Å². The van der Waals surface area contributed by atoms with Crippen LogP contribution < -0.4 is 10.6 Å². The minimum atomic E-state index is -3.71. The number of aromatic nitrogens is 2. The van der Waals surface area contributed by atoms with Crippen molar-refractivity contribution in [2.75, 3.05) is 30.1 Å². The van der Waals surface area contributed by atoms with Crippen molar-refractivity contribution in [2.24, 2.45) is 0 Å². The third-order valence-electron chi connectivity index (χ3n) is 11.9. The van der Waals surface area contributed by atoms with Gasteiger partial charge in [-0.3, -0.25) is 33.0 Å². The summed E-state index contributed by atoms with van der Waals surface area (Å²) < 4.78 is 27.8. The number of aryl methyl sites for hydroxylation is 2. The molecule has 8 rings (SSSR count). The van der Waals surface area contributed by atoms with Crippen LogP contribution >= 0.6 is 23.2 Å². The van der Waals surface area contributed by atoms with Crippen LogP contribution in [0.25, 0.3) is 0 Å². The first-order chi connectivity index (χ1) is 34.3. The van der Waals surface area contributed by atoms with Gasteiger partial charge in [0.05, 0.1) is 24.9 Å². The zero-order chi connectivity index (χ0) is 51.7. The van der Waals surface area contributed by atoms with Gasteiger partial charge in [-0.05, 0) is 133 Å². The Morgan fingerprint density at radius 2 is 1.06 bits per heavy atom. The van der Waals surface area contributed by atoms with Gasteiger partial charge in [0.15, 0.2) is 11.6 Å². The molecule has 16 nitrogen and oxygen atoms in total. The average molecular weight is 1030 g/mol. The maximum atomic E-state index is 13.6. The molecule has 0 saturated carbocycles. The molecular formula is C53H50Cl2N6O10S. The van der Waals surface area contributed by atoms with E-state index in [1.807, 2.05) is 26.0 Å². The molecule has 2 atom stereocenters. The largest absolute Gasteiger partial charge is 0.396 e. The Labute approximate surface area is 426 Å². The van der Waals surface area contributed by atoms with Gasteiger partial charge in [-0.2, -0.15) is 8.42 Å². The van der Waals surface area contributed by atoms with Crippen molar-refractivity contribution in [3.8, 4) is 0 Å². The zero-order valence-electron chi connectivity index (χ0n) is 39.4. The summed E-state index contributed by atoms with van der Waals surface area (Å²) >= 11 is 12.2. The predicted octanol–water partition coefficient (Wildman–Crippen LogP) is 7.61. The lowest BCUT2D eigenvalue weighted by Gasteiger charge is -2.29. The Balaban J connectivity index is 0.000000213. The van der Waals surface area contributed by atoms with Crippen molar-refractivity contribution in [1.82, 2.24) is 19.8 Å². The van der Waals surface area contributed by atoms with E-state index in [2.05, 4.69) is 20.6 Å². The van der Waals surface area contributed by atoms with Crippen LogP contribution in [0, 0.1) is 13.8 Å². The Morgan fingerprint density at radius 1 is 0.639 bits per heavy atom. The molecule has 2 aliphatic rings. The zero-order valence-corrected chi connectivity index (χ0v) is 41.8. The number of nitrogens with zero attached hydrogens (tertiary/aromatic N) is 4. The minimum Gasteiger partial charge on any atom is -0.396 e. The smallest absolute Gasteiger partial charge is 0.264 e. The van der Waals surface area contributed by atoms with Gasteiger partial charge < -0.3 is 25.5 Å². The lowest BCUT2D eigenvalue weighted by atomic mass is 10.0. The van der Waals surface area contributed by atoms with Crippen molar-refractivity contribution in [3.63, 3.8) is 0 Å². The number of ketones is 2. The van der Waals surface area contributed by atoms with Gasteiger partial charge in [-0.1, -0.05) is 59.6 Å². The van der Waals surface area contributed by atoms with E-state index in [-0.39, 0.29) is 87.2 Å². The molecular weight excluding hydrogens is 984 g/mol. The number of carbonyl (C=O) groups is 6. The van der Waals surface area contributed by atoms with E-state index in [9.17, 15) is 42.3 Å². The molecule has 0 aliphatic carbocycles. The molecule has 0 saturated heterocycles. The van der Waals surface area contributed by atoms with Gasteiger partial charge in [0, 0.05) is 77.2 Å². The number of fused-ring (bicyclic) bond motifs is 2. The van der Waals surface area contributed by atoms with Crippen molar-refractivity contribution in [3.05, 3.63) is 187 Å². The van der Waals surface area contributed by atoms with Gasteiger partial charge in [-0.25, -0.2) is 9.97 Å². The second-order valence-corrected chi connectivity index (χ2v) is 19.9. The SMILES string of the molecule is Cc1ccc(NC(=O)c2ccc(CN3C(=O)c4ccc(Cl)cc4CC(=O)[C@H]3CCO)cc2)nc1.Cc1ccc(NC(=O)c2ccc(CN3C(=O)c4ccc(Cl)cc4CC(=O)[C@H]3CCOS(C)(=O)=O)cc2)nc1. The third kappa shape index (κ3) is 13.6. The molecule has 4 amide bonds. The van der Waals surface area contributed by atoms with Crippen LogP contribution in [0.3, 0.4) is 0 Å². The third-order valence-corrected chi connectivity index (χ3v) is 12.9. The van der Waals surface area contributed by atoms with Gasteiger partial charge in [-0.15, -0.1) is 0 Å². The highest BCUT2D eigenvalue weighted by Crippen LogP contribution is 2.29. The molecule has 3 N–H and O–H groups in total. The van der Waals surface area contributed by atoms with Crippen molar-refractivity contribution < 1.29 is 46.5 Å². The first kappa shape index (κ1) is 52.7. The quantitative estimate of drug-likeness (QED) is 0.0897. The molecule has 6 aromatic rings. The Kier molecular flexibility index (Phi) is 17.1. The van der Waals surface area contributed by atoms with E-state index in [0.717, 1.165) is 22.9 Å². The summed E-state index contributed by atoms with van der Waals surface area (Å²) in [6, 6.07) is 28.6. The highest BCUT2D eigenvalue weighted by Gasteiger charge is 2.37. The summed E-state index contributed by atoms with van der Waals surface area (Å²) in [7, 11) is -3.71. The summed E-state index contributed by atoms with van der Waals surface area (Å²) in [4.78, 5) is 89.5. The molecule has 4 aromatic carbocycles. The number of nitrogens with one attached hydrogen (secondary N) is 2. The molecule has 0 unspecified atom stereocenters. The molecule has 19 heteroatoms. The predicted molar refractivity (Wildman–Crippen MR) is 272 cm³/mol. The summed E-state index contributed by atoms with van der Waals surface area (Å²) in [5, 5.41) is 15.9. The minimum absolute atomic E-state index is 0.00338. The maximum absolute atomic E-state index is 13.6. The fourth-order valence-corrected chi connectivity index (χ4v) is 8.98. The topological polar surface area (TPSA) is 222 Å². The van der Waals surface area contributed by atoms with Crippen molar-refractivity contribution in [2.45, 2.75) is 64.7 Å². The van der Waals surface area contributed by atoms with Crippen molar-refractivity contribution >= 4 is 80.2 Å². The molecule has 2 aromatic heterocycles. The Hall–Kier alpha value is -7.15. The number of amides is 4. The monoisotopic (exact) mass is 1030 g/mol. The lowest BCUT2D eigenvalue weighted by molar-refractivity contribution is -0.124. The molecule has 4 heterocycles. The number of hydrogen-bond acceptors (Lipinski definition) is 12. The number of anilines is 2. The molecule has 372 valence electrons. The van der Waals surface area contributed by atoms with Gasteiger partial charge >= 0.3 is 0 Å². The maximum Gasteiger partial charge on any atom is 0.264 e. The van der Waals surface area contributed by atoms with E-state index in [1.54, 1.807) is 109 Å². The van der Waals surface area contributed by atoms with E-state index in [0.29, 0.717) is 60.6 Å². The van der Waals surface area contributed by atoms with Gasteiger partial charge in [0.2, 0.25) is 0 Å². The van der Waals surface area contributed by atoms with Crippen LogP contribution in [0.5, 0.6) is 0 Å². The number of pyridine rings is 2. The van der Waals surface area contributed by atoms with Crippen LogP contribution in [0.1, 0.15) is 87.7 Å². The summed E-state index contributed by atoms with van der Waals surface area (Å²) in [6.45, 7) is 3.58. The Morgan fingerprint density at radius 3 is 1.43 bits per heavy atom. The highest BCUT2D eigenvalue weighted by atomic mass is 35.5. The normalized spacial score (nSPS) is 15.6. The number of halogens is 2. The summed E-state index contributed by atoms with van der Waals surface area (Å²) in [5.74, 6) is -0.816. The van der Waals surface area contributed by atoms with Gasteiger partial charge in [0.1, 0.15) is 11.6 Å². The summed E-state index contributed by atoms with van der Waals surface area (Å²) in [5.41, 5.74) is 6.13. The number of benzene rings is 4. The molecule has 0 spiro atoms. The fourth-order valence-electron chi connectivity index (χ4n) is 8.19. The van der Waals surface area contributed by atoms with Gasteiger partial charge in [0.25, 0.3) is 33.7 Å². The van der Waals surface area contributed by atoms with Crippen molar-refractivity contribution in [1.29, 1.82) is 0 Å². The number of aliphatic hydroxyl groups excluding tert-OH is 1. The number of hydrogen-bond donors (Lipinski definition) is 3. The van der Waals surface area contributed by atoms with Crippen LogP contribution in [0.4, 0.5) is 11.6 Å². The first-order valence-electron chi connectivity index (χ1n) is 22.7. The van der Waals surface area contributed by atoms with Crippen LogP contribution in [-0.4, -0.2) is 100 Å². The first-order valence-corrected chi connectivity index (χ1v) is 25.3. The number of aliphatic hydroxyl groups is 1. The molecule has 0 radical (unpaired) electrons. The second-order valence-electron chi connectivity index (χ2n) is 17.4. The standard InChI is InChI=1S/C27H26ClN3O6S.C26H24ClN3O4/c1-17-3-10-25(29-15-17)30-26(33)19-6-4-18(5-7-19)16-31-23(11-12-37-38(2,35)36)24(32)14-20-13-21(28)8-9-22(20)27(31)34;1-16-2-9-24(28-14-16)29-25(33)18-5-3-17(4-6-18)15-30-22(10-11-31)23(32)13-19-12-20(27)7-8-21(19)26(30)34/h3-10,13,15,23H,11-12,14,16H2,1-2H3,(H,29,30,33);2-9,12,14,22,31H,10-11,13,15H2,1H3,(H,28,29,33)/t23-;22-/m11/s1. The van der Waals surface area contributed by atoms with E-state index in [1.165, 1.54) is 9.80 Å². The van der Waals surface area contributed by atoms with E-state index < -0.39 is 22.2 Å². The number of Topliss-reactive ketones (excluding diaryl/α,β-unsaturated/α-hetero) is 2. The molecule has 0 fully saturated rings. The van der Waals surface area contributed by atoms with Crippen LogP contribution in [0.2, 0.25) is 10.0 Å².